The lowest BCUT2D eigenvalue weighted by atomic mass is 10.1. The van der Waals surface area contributed by atoms with Crippen molar-refractivity contribution in [3.63, 3.8) is 0 Å². The molecule has 3 rings (SSSR count). The fourth-order valence-electron chi connectivity index (χ4n) is 2.61. The second-order valence-corrected chi connectivity index (χ2v) is 7.61. The predicted octanol–water partition coefficient (Wildman–Crippen LogP) is 0.772. The summed E-state index contributed by atoms with van der Waals surface area (Å²) in [6.07, 6.45) is 1.16. The summed E-state index contributed by atoms with van der Waals surface area (Å²) in [6, 6.07) is 9.79. The summed E-state index contributed by atoms with van der Waals surface area (Å²) in [5, 5.41) is 0. The zero-order chi connectivity index (χ0) is 16.6. The molecular weight excluding hydrogens is 314 g/mol. The molecule has 0 spiro atoms. The normalized spacial score (nSPS) is 15.5. The van der Waals surface area contributed by atoms with Gasteiger partial charge >= 0.3 is 0 Å². The second kappa shape index (κ2) is 5.78. The number of rotatable bonds is 4. The lowest BCUT2D eigenvalue weighted by Gasteiger charge is -2.40. The summed E-state index contributed by atoms with van der Waals surface area (Å²) >= 11 is 0. The van der Waals surface area contributed by atoms with Gasteiger partial charge in [0, 0.05) is 24.7 Å². The van der Waals surface area contributed by atoms with E-state index >= 15 is 0 Å². The molecule has 1 aromatic heterocycles. The Morgan fingerprint density at radius 1 is 1.26 bits per heavy atom. The third-order valence-electron chi connectivity index (χ3n) is 3.63. The van der Waals surface area contributed by atoms with E-state index in [-0.39, 0.29) is 12.0 Å². The highest BCUT2D eigenvalue weighted by Gasteiger charge is 2.30. The van der Waals surface area contributed by atoms with Gasteiger partial charge in [-0.2, -0.15) is 4.98 Å². The molecule has 0 aliphatic carbocycles. The van der Waals surface area contributed by atoms with Crippen LogP contribution in [-0.4, -0.2) is 43.8 Å². The lowest BCUT2D eigenvalue weighted by Crippen LogP contribution is -2.59. The quantitative estimate of drug-likeness (QED) is 0.857. The topological polar surface area (TPSA) is 101 Å². The average Bonchev–Trinajstić information content (AvgIpc) is 2.40. The summed E-state index contributed by atoms with van der Waals surface area (Å²) < 4.78 is 25.0. The molecule has 1 aromatic carbocycles. The highest BCUT2D eigenvalue weighted by Crippen LogP contribution is 2.26. The largest absolute Gasteiger partial charge is 0.368 e. The van der Waals surface area contributed by atoms with Crippen molar-refractivity contribution in [3.05, 3.63) is 35.9 Å². The molecule has 2 heterocycles. The maximum absolute atomic E-state index is 11.2. The molecule has 7 nitrogen and oxygen atoms in total. The third kappa shape index (κ3) is 3.77. The highest BCUT2D eigenvalue weighted by molar-refractivity contribution is 7.88. The fourth-order valence-corrected chi connectivity index (χ4v) is 3.36. The van der Waals surface area contributed by atoms with Gasteiger partial charge in [0.1, 0.15) is 5.82 Å². The summed E-state index contributed by atoms with van der Waals surface area (Å²) in [5.41, 5.74) is 8.71. The molecule has 0 atom stereocenters. The number of hydrogen-bond donors (Lipinski definition) is 2. The van der Waals surface area contributed by atoms with Crippen molar-refractivity contribution in [1.29, 1.82) is 0 Å². The van der Waals surface area contributed by atoms with E-state index in [0.29, 0.717) is 18.9 Å². The Morgan fingerprint density at radius 2 is 2.00 bits per heavy atom. The zero-order valence-corrected chi connectivity index (χ0v) is 13.8. The van der Waals surface area contributed by atoms with Gasteiger partial charge in [0.05, 0.1) is 18.0 Å². The van der Waals surface area contributed by atoms with E-state index in [1.807, 2.05) is 42.2 Å². The molecule has 1 saturated heterocycles. The first-order valence-electron chi connectivity index (χ1n) is 7.24. The van der Waals surface area contributed by atoms with Gasteiger partial charge in [-0.1, -0.05) is 23.8 Å². The maximum Gasteiger partial charge on any atom is 0.222 e. The van der Waals surface area contributed by atoms with Gasteiger partial charge in [0.25, 0.3) is 0 Å². The molecule has 3 N–H and O–H groups in total. The van der Waals surface area contributed by atoms with E-state index in [1.165, 1.54) is 0 Å². The monoisotopic (exact) mass is 333 g/mol. The van der Waals surface area contributed by atoms with Gasteiger partial charge in [0.15, 0.2) is 0 Å². The van der Waals surface area contributed by atoms with E-state index in [4.69, 9.17) is 5.73 Å². The molecule has 0 bridgehead atoms. The van der Waals surface area contributed by atoms with Gasteiger partial charge in [-0.05, 0) is 13.0 Å². The minimum absolute atomic E-state index is 0.0939. The Kier molecular flexibility index (Phi) is 3.95. The van der Waals surface area contributed by atoms with Crippen molar-refractivity contribution >= 4 is 21.8 Å². The van der Waals surface area contributed by atoms with Crippen LogP contribution in [0.4, 0.5) is 11.8 Å². The molecule has 8 heteroatoms. The lowest BCUT2D eigenvalue weighted by molar-refractivity contribution is 0.468. The number of aromatic nitrogens is 2. The Hall–Kier alpha value is -2.19. The Labute approximate surface area is 135 Å². The van der Waals surface area contributed by atoms with Crippen LogP contribution in [-0.2, 0) is 10.0 Å². The molecular formula is C15H19N5O2S. The number of benzene rings is 1. The van der Waals surface area contributed by atoms with Gasteiger partial charge in [-0.3, -0.25) is 0 Å². The van der Waals surface area contributed by atoms with Crippen molar-refractivity contribution in [1.82, 2.24) is 14.7 Å². The number of hydrogen-bond acceptors (Lipinski definition) is 6. The SMILES string of the molecule is Cc1cccc(-c2cc(N3CC(NS(C)(=O)=O)C3)nc(N)n2)c1. The number of nitrogen functional groups attached to an aromatic ring is 1. The maximum atomic E-state index is 11.2. The Bertz CT molecular complexity index is 832. The number of nitrogens with two attached hydrogens (primary N) is 1. The van der Waals surface area contributed by atoms with E-state index < -0.39 is 10.0 Å². The average molecular weight is 333 g/mol. The molecule has 0 amide bonds. The van der Waals surface area contributed by atoms with Gasteiger partial charge in [-0.25, -0.2) is 18.1 Å². The van der Waals surface area contributed by atoms with Crippen molar-refractivity contribution in [2.45, 2.75) is 13.0 Å². The van der Waals surface area contributed by atoms with Crippen LogP contribution in [0.3, 0.4) is 0 Å². The molecule has 1 aliphatic heterocycles. The van der Waals surface area contributed by atoms with Gasteiger partial charge in [-0.15, -0.1) is 0 Å². The molecule has 0 saturated carbocycles. The van der Waals surface area contributed by atoms with Crippen molar-refractivity contribution in [3.8, 4) is 11.3 Å². The summed E-state index contributed by atoms with van der Waals surface area (Å²) in [7, 11) is -3.19. The Morgan fingerprint density at radius 3 is 2.65 bits per heavy atom. The molecule has 1 fully saturated rings. The molecule has 122 valence electrons. The number of aryl methyl sites for hydroxylation is 1. The van der Waals surface area contributed by atoms with Crippen LogP contribution < -0.4 is 15.4 Å². The van der Waals surface area contributed by atoms with Crippen molar-refractivity contribution < 1.29 is 8.42 Å². The third-order valence-corrected chi connectivity index (χ3v) is 4.39. The highest BCUT2D eigenvalue weighted by atomic mass is 32.2. The number of nitrogens with one attached hydrogen (secondary N) is 1. The molecule has 0 unspecified atom stereocenters. The first kappa shape index (κ1) is 15.7. The minimum atomic E-state index is -3.19. The fraction of sp³-hybridized carbons (Fsp3) is 0.333. The van der Waals surface area contributed by atoms with E-state index in [9.17, 15) is 8.42 Å². The molecule has 23 heavy (non-hydrogen) atoms. The zero-order valence-electron chi connectivity index (χ0n) is 13.0. The molecule has 0 radical (unpaired) electrons. The van der Waals surface area contributed by atoms with Crippen LogP contribution in [0, 0.1) is 6.92 Å². The van der Waals surface area contributed by atoms with Gasteiger partial charge < -0.3 is 10.6 Å². The van der Waals surface area contributed by atoms with Crippen LogP contribution in [0.25, 0.3) is 11.3 Å². The minimum Gasteiger partial charge on any atom is -0.368 e. The van der Waals surface area contributed by atoms with Crippen LogP contribution in [0.1, 0.15) is 5.56 Å². The standard InChI is InChI=1S/C15H19N5O2S/c1-10-4-3-5-11(6-10)13-7-14(18-15(16)17-13)20-8-12(9-20)19-23(2,21)22/h3-7,12,19H,8-9H2,1-2H3,(H2,16,17,18). The van der Waals surface area contributed by atoms with E-state index in [0.717, 1.165) is 23.1 Å². The van der Waals surface area contributed by atoms with Gasteiger partial charge in [0.2, 0.25) is 16.0 Å². The van der Waals surface area contributed by atoms with Crippen LogP contribution in [0.5, 0.6) is 0 Å². The molecule has 2 aromatic rings. The number of sulfonamides is 1. The van der Waals surface area contributed by atoms with E-state index in [1.54, 1.807) is 0 Å². The van der Waals surface area contributed by atoms with Crippen LogP contribution in [0.15, 0.2) is 30.3 Å². The van der Waals surface area contributed by atoms with E-state index in [2.05, 4.69) is 14.7 Å². The summed E-state index contributed by atoms with van der Waals surface area (Å²) in [4.78, 5) is 10.5. The smallest absolute Gasteiger partial charge is 0.222 e. The first-order valence-corrected chi connectivity index (χ1v) is 9.13. The first-order chi connectivity index (χ1) is 10.8. The van der Waals surface area contributed by atoms with Crippen LogP contribution in [0.2, 0.25) is 0 Å². The summed E-state index contributed by atoms with van der Waals surface area (Å²) in [6.45, 7) is 3.15. The van der Waals surface area contributed by atoms with Crippen molar-refractivity contribution in [2.75, 3.05) is 30.0 Å². The Balaban J connectivity index is 1.80. The number of nitrogens with zero attached hydrogens (tertiary/aromatic N) is 3. The predicted molar refractivity (Wildman–Crippen MR) is 90.6 cm³/mol. The van der Waals surface area contributed by atoms with Crippen molar-refractivity contribution in [2.24, 2.45) is 0 Å². The number of anilines is 2. The summed E-state index contributed by atoms with van der Waals surface area (Å²) in [5.74, 6) is 0.916. The molecule has 1 aliphatic rings. The van der Waals surface area contributed by atoms with Crippen LogP contribution >= 0.6 is 0 Å². The second-order valence-electron chi connectivity index (χ2n) is 5.83.